The number of hydrogen-bond donors (Lipinski definition) is 2. The van der Waals surface area contributed by atoms with Gasteiger partial charge in [0.2, 0.25) is 0 Å². The first-order valence-electron chi connectivity index (χ1n) is 4.88. The van der Waals surface area contributed by atoms with Crippen LogP contribution >= 0.6 is 15.9 Å². The monoisotopic (exact) mass is 311 g/mol. The molecule has 92 valence electrons. The molecule has 0 atom stereocenters. The van der Waals surface area contributed by atoms with Gasteiger partial charge in [0.25, 0.3) is 11.5 Å². The number of carbonyl (C=O) groups excluding carboxylic acids is 1. The molecule has 0 fully saturated rings. The van der Waals surface area contributed by atoms with Gasteiger partial charge in [0.1, 0.15) is 5.82 Å². The molecule has 0 saturated heterocycles. The predicted octanol–water partition coefficient (Wildman–Crippen LogP) is 1.92. The lowest BCUT2D eigenvalue weighted by molar-refractivity contribution is 0.102. The van der Waals surface area contributed by atoms with Crippen molar-refractivity contribution < 1.29 is 9.18 Å². The van der Waals surface area contributed by atoms with Gasteiger partial charge in [-0.3, -0.25) is 9.59 Å². The van der Waals surface area contributed by atoms with Crippen LogP contribution in [-0.4, -0.2) is 16.1 Å². The third kappa shape index (κ3) is 2.80. The summed E-state index contributed by atoms with van der Waals surface area (Å²) in [5.41, 5.74) is -0.0969. The van der Waals surface area contributed by atoms with Gasteiger partial charge in [-0.15, -0.1) is 0 Å². The minimum atomic E-state index is -0.457. The van der Waals surface area contributed by atoms with Gasteiger partial charge in [-0.05, 0) is 40.2 Å². The van der Waals surface area contributed by atoms with Crippen LogP contribution in [0.5, 0.6) is 0 Å². The SMILES string of the molecule is O=C(Nc1ccc(=O)[nH]n1)c1ccc(F)cc1Br. The van der Waals surface area contributed by atoms with E-state index in [0.29, 0.717) is 4.47 Å². The van der Waals surface area contributed by atoms with Gasteiger partial charge in [-0.2, -0.15) is 5.10 Å². The fourth-order valence-electron chi connectivity index (χ4n) is 1.27. The molecule has 0 saturated carbocycles. The van der Waals surface area contributed by atoms with Crippen LogP contribution in [0.1, 0.15) is 10.4 Å². The number of rotatable bonds is 2. The number of carbonyl (C=O) groups is 1. The van der Waals surface area contributed by atoms with Crippen LogP contribution in [0.2, 0.25) is 0 Å². The van der Waals surface area contributed by atoms with Crippen molar-refractivity contribution in [3.63, 3.8) is 0 Å². The van der Waals surface area contributed by atoms with Crippen molar-refractivity contribution in [1.82, 2.24) is 10.2 Å². The second kappa shape index (κ2) is 5.09. The summed E-state index contributed by atoms with van der Waals surface area (Å²) in [5, 5.41) is 8.29. The first kappa shape index (κ1) is 12.4. The highest BCUT2D eigenvalue weighted by molar-refractivity contribution is 9.10. The molecule has 1 aromatic carbocycles. The smallest absolute Gasteiger partial charge is 0.264 e. The Hall–Kier alpha value is -2.02. The third-order valence-corrected chi connectivity index (χ3v) is 2.75. The highest BCUT2D eigenvalue weighted by atomic mass is 79.9. The molecule has 1 aromatic heterocycles. The fraction of sp³-hybridized carbons (Fsp3) is 0. The Kier molecular flexibility index (Phi) is 3.52. The zero-order valence-corrected chi connectivity index (χ0v) is 10.5. The molecule has 1 heterocycles. The molecule has 7 heteroatoms. The molecule has 1 amide bonds. The molecule has 2 N–H and O–H groups in total. The van der Waals surface area contributed by atoms with Gasteiger partial charge in [0, 0.05) is 10.5 Å². The van der Waals surface area contributed by atoms with E-state index in [9.17, 15) is 14.0 Å². The molecule has 0 bridgehead atoms. The van der Waals surface area contributed by atoms with Crippen molar-refractivity contribution in [2.24, 2.45) is 0 Å². The largest absolute Gasteiger partial charge is 0.305 e. The number of nitrogens with zero attached hydrogens (tertiary/aromatic N) is 1. The molecule has 2 rings (SSSR count). The Balaban J connectivity index is 2.22. The summed E-state index contributed by atoms with van der Waals surface area (Å²) >= 11 is 3.09. The predicted molar refractivity (Wildman–Crippen MR) is 66.9 cm³/mol. The number of halogens is 2. The number of nitrogens with one attached hydrogen (secondary N) is 2. The van der Waals surface area contributed by atoms with Crippen molar-refractivity contribution in [2.45, 2.75) is 0 Å². The van der Waals surface area contributed by atoms with Crippen molar-refractivity contribution in [1.29, 1.82) is 0 Å². The molecule has 0 spiro atoms. The molecular formula is C11H7BrFN3O2. The van der Waals surface area contributed by atoms with E-state index in [2.05, 4.69) is 31.4 Å². The second-order valence-corrected chi connectivity index (χ2v) is 4.24. The molecule has 0 radical (unpaired) electrons. The molecule has 2 aromatic rings. The van der Waals surface area contributed by atoms with E-state index in [1.54, 1.807) is 0 Å². The van der Waals surface area contributed by atoms with E-state index >= 15 is 0 Å². The van der Waals surface area contributed by atoms with Gasteiger partial charge < -0.3 is 5.32 Å². The number of aromatic amines is 1. The summed E-state index contributed by atoms with van der Waals surface area (Å²) in [6, 6.07) is 6.33. The minimum Gasteiger partial charge on any atom is -0.305 e. The van der Waals surface area contributed by atoms with E-state index < -0.39 is 11.7 Å². The zero-order valence-electron chi connectivity index (χ0n) is 8.91. The normalized spacial score (nSPS) is 10.1. The van der Waals surface area contributed by atoms with Crippen molar-refractivity contribution >= 4 is 27.7 Å². The standard InChI is InChI=1S/C11H7BrFN3O2/c12-8-5-6(13)1-2-7(8)11(18)14-9-3-4-10(17)16-15-9/h1-5H,(H,16,17)(H,14,15,18). The highest BCUT2D eigenvalue weighted by Crippen LogP contribution is 2.18. The molecule has 0 unspecified atom stereocenters. The van der Waals surface area contributed by atoms with Gasteiger partial charge in [-0.1, -0.05) is 0 Å². The Labute approximate surface area is 109 Å². The average Bonchev–Trinajstić information content (AvgIpc) is 2.32. The lowest BCUT2D eigenvalue weighted by atomic mass is 10.2. The van der Waals surface area contributed by atoms with Crippen LogP contribution in [0.4, 0.5) is 10.2 Å². The Morgan fingerprint density at radius 1 is 1.33 bits per heavy atom. The number of anilines is 1. The molecule has 18 heavy (non-hydrogen) atoms. The van der Waals surface area contributed by atoms with Gasteiger partial charge >= 0.3 is 0 Å². The van der Waals surface area contributed by atoms with Crippen LogP contribution in [0.15, 0.2) is 39.6 Å². The van der Waals surface area contributed by atoms with Crippen molar-refractivity contribution in [3.05, 3.63) is 56.5 Å². The maximum absolute atomic E-state index is 12.9. The summed E-state index contributed by atoms with van der Waals surface area (Å²) in [6.07, 6.45) is 0. The average molecular weight is 312 g/mol. The lowest BCUT2D eigenvalue weighted by Gasteiger charge is -2.05. The fourth-order valence-corrected chi connectivity index (χ4v) is 1.80. The maximum Gasteiger partial charge on any atom is 0.264 e. The molecule has 5 nitrogen and oxygen atoms in total. The van der Waals surface area contributed by atoms with E-state index in [1.165, 1.54) is 30.3 Å². The van der Waals surface area contributed by atoms with Crippen LogP contribution in [0.3, 0.4) is 0 Å². The van der Waals surface area contributed by atoms with Crippen LogP contribution < -0.4 is 10.9 Å². The minimum absolute atomic E-state index is 0.204. The van der Waals surface area contributed by atoms with E-state index in [4.69, 9.17) is 0 Å². The maximum atomic E-state index is 12.9. The molecule has 0 aliphatic heterocycles. The summed E-state index contributed by atoms with van der Waals surface area (Å²) in [7, 11) is 0. The second-order valence-electron chi connectivity index (χ2n) is 3.38. The van der Waals surface area contributed by atoms with Crippen LogP contribution in [0, 0.1) is 5.82 Å². The summed E-state index contributed by atoms with van der Waals surface area (Å²) in [5.74, 6) is -0.696. The topological polar surface area (TPSA) is 74.8 Å². The summed E-state index contributed by atoms with van der Waals surface area (Å²) in [4.78, 5) is 22.6. The van der Waals surface area contributed by atoms with E-state index in [0.717, 1.165) is 0 Å². The zero-order chi connectivity index (χ0) is 13.1. The number of amides is 1. The van der Waals surface area contributed by atoms with Crippen LogP contribution in [0.25, 0.3) is 0 Å². The molecular weight excluding hydrogens is 305 g/mol. The third-order valence-electron chi connectivity index (χ3n) is 2.10. The number of H-pyrrole nitrogens is 1. The first-order valence-corrected chi connectivity index (χ1v) is 5.68. The highest BCUT2D eigenvalue weighted by Gasteiger charge is 2.11. The Bertz CT molecular complexity index is 636. The summed E-state index contributed by atoms with van der Waals surface area (Å²) < 4.78 is 13.2. The van der Waals surface area contributed by atoms with E-state index in [1.807, 2.05) is 0 Å². The van der Waals surface area contributed by atoms with Crippen molar-refractivity contribution in [2.75, 3.05) is 5.32 Å². The number of aromatic nitrogens is 2. The van der Waals surface area contributed by atoms with Gasteiger partial charge in [-0.25, -0.2) is 9.49 Å². The number of benzene rings is 1. The Morgan fingerprint density at radius 2 is 2.11 bits per heavy atom. The lowest BCUT2D eigenvalue weighted by Crippen LogP contribution is -2.16. The van der Waals surface area contributed by atoms with Gasteiger partial charge in [0.15, 0.2) is 5.82 Å². The molecule has 0 aliphatic carbocycles. The van der Waals surface area contributed by atoms with E-state index in [-0.39, 0.29) is 16.9 Å². The number of hydrogen-bond acceptors (Lipinski definition) is 3. The molecule has 0 aliphatic rings. The van der Waals surface area contributed by atoms with Crippen LogP contribution in [-0.2, 0) is 0 Å². The quantitative estimate of drug-likeness (QED) is 0.890. The van der Waals surface area contributed by atoms with Crippen molar-refractivity contribution in [3.8, 4) is 0 Å². The first-order chi connectivity index (χ1) is 8.56. The Morgan fingerprint density at radius 3 is 2.72 bits per heavy atom. The summed E-state index contributed by atoms with van der Waals surface area (Å²) in [6.45, 7) is 0. The van der Waals surface area contributed by atoms with Gasteiger partial charge in [0.05, 0.1) is 5.56 Å².